The minimum Gasteiger partial charge on any atom is -0.356 e. The van der Waals surface area contributed by atoms with Gasteiger partial charge in [0.2, 0.25) is 16.9 Å². The number of hydrogen-bond donors (Lipinski definition) is 2. The summed E-state index contributed by atoms with van der Waals surface area (Å²) in [5.41, 5.74) is 0. The predicted octanol–water partition coefficient (Wildman–Crippen LogP) is 1.20. The van der Waals surface area contributed by atoms with Gasteiger partial charge in [-0.05, 0) is 5.92 Å². The lowest BCUT2D eigenvalue weighted by Crippen LogP contribution is -2.25. The second kappa shape index (κ2) is 7.05. The van der Waals surface area contributed by atoms with Gasteiger partial charge < -0.3 is 10.6 Å². The van der Waals surface area contributed by atoms with Gasteiger partial charge in [-0.15, -0.1) is 10.2 Å². The van der Waals surface area contributed by atoms with Crippen molar-refractivity contribution in [2.75, 3.05) is 11.9 Å². The van der Waals surface area contributed by atoms with Crippen LogP contribution in [0, 0.1) is 5.92 Å². The number of nitrogens with one attached hydrogen (secondary N) is 2. The molecule has 0 fully saturated rings. The third-order valence-corrected chi connectivity index (χ3v) is 2.88. The summed E-state index contributed by atoms with van der Waals surface area (Å²) in [5, 5.41) is 14.6. The fourth-order valence-electron chi connectivity index (χ4n) is 1.27. The van der Waals surface area contributed by atoms with Gasteiger partial charge in [0.1, 0.15) is 5.01 Å². The molecule has 1 aromatic heterocycles. The van der Waals surface area contributed by atoms with Crippen molar-refractivity contribution in [3.63, 3.8) is 0 Å². The summed E-state index contributed by atoms with van der Waals surface area (Å²) in [6.07, 6.45) is 1.10. The Hall–Kier alpha value is -1.50. The van der Waals surface area contributed by atoms with Crippen LogP contribution in [0.3, 0.4) is 0 Å². The topological polar surface area (TPSA) is 84.0 Å². The molecule has 0 aliphatic rings. The second-order valence-corrected chi connectivity index (χ2v) is 5.44. The van der Waals surface area contributed by atoms with Crippen molar-refractivity contribution >= 4 is 28.3 Å². The van der Waals surface area contributed by atoms with Crippen LogP contribution in [0.25, 0.3) is 0 Å². The predicted molar refractivity (Wildman–Crippen MR) is 70.4 cm³/mol. The van der Waals surface area contributed by atoms with E-state index in [4.69, 9.17) is 0 Å². The molecule has 100 valence electrons. The smallest absolute Gasteiger partial charge is 0.227 e. The molecule has 6 nitrogen and oxygen atoms in total. The van der Waals surface area contributed by atoms with Crippen LogP contribution in [0.1, 0.15) is 32.2 Å². The van der Waals surface area contributed by atoms with Crippen LogP contribution in [-0.2, 0) is 16.0 Å². The number of amides is 2. The zero-order valence-electron chi connectivity index (χ0n) is 10.8. The van der Waals surface area contributed by atoms with Crippen LogP contribution >= 0.6 is 11.3 Å². The molecule has 0 aliphatic carbocycles. The summed E-state index contributed by atoms with van der Waals surface area (Å²) in [4.78, 5) is 22.1. The Labute approximate surface area is 110 Å². The highest BCUT2D eigenvalue weighted by atomic mass is 32.1. The van der Waals surface area contributed by atoms with Crippen molar-refractivity contribution in [3.8, 4) is 0 Å². The van der Waals surface area contributed by atoms with Crippen molar-refractivity contribution in [2.24, 2.45) is 5.92 Å². The molecular weight excluding hydrogens is 252 g/mol. The Kier molecular flexibility index (Phi) is 5.70. The molecule has 2 amide bonds. The first-order valence-corrected chi connectivity index (χ1v) is 6.65. The van der Waals surface area contributed by atoms with E-state index in [-0.39, 0.29) is 18.2 Å². The SMILES string of the molecule is CC(=O)NCCC(=O)Nc1nnc(CC(C)C)s1. The summed E-state index contributed by atoms with van der Waals surface area (Å²) in [6, 6.07) is 0. The highest BCUT2D eigenvalue weighted by Crippen LogP contribution is 2.18. The molecule has 1 rings (SSSR count). The van der Waals surface area contributed by atoms with Gasteiger partial charge in [0.05, 0.1) is 0 Å². The highest BCUT2D eigenvalue weighted by molar-refractivity contribution is 7.15. The van der Waals surface area contributed by atoms with E-state index in [9.17, 15) is 9.59 Å². The maximum absolute atomic E-state index is 11.5. The first-order valence-electron chi connectivity index (χ1n) is 5.84. The van der Waals surface area contributed by atoms with Crippen LogP contribution in [0.2, 0.25) is 0 Å². The van der Waals surface area contributed by atoms with E-state index >= 15 is 0 Å². The first-order chi connectivity index (χ1) is 8.47. The summed E-state index contributed by atoms with van der Waals surface area (Å²) in [6.45, 7) is 5.96. The van der Waals surface area contributed by atoms with E-state index in [1.165, 1.54) is 18.3 Å². The van der Waals surface area contributed by atoms with Gasteiger partial charge in [0.25, 0.3) is 0 Å². The van der Waals surface area contributed by atoms with Crippen molar-refractivity contribution in [3.05, 3.63) is 5.01 Å². The molecule has 0 saturated carbocycles. The van der Waals surface area contributed by atoms with Crippen molar-refractivity contribution in [1.29, 1.82) is 0 Å². The number of carbonyl (C=O) groups is 2. The molecule has 0 bridgehead atoms. The summed E-state index contributed by atoms with van der Waals surface area (Å²) in [5.74, 6) is 0.204. The molecule has 0 unspecified atom stereocenters. The summed E-state index contributed by atoms with van der Waals surface area (Å²) < 4.78 is 0. The van der Waals surface area contributed by atoms with E-state index in [0.717, 1.165) is 11.4 Å². The maximum atomic E-state index is 11.5. The van der Waals surface area contributed by atoms with Gasteiger partial charge in [0.15, 0.2) is 0 Å². The molecule has 0 aliphatic heterocycles. The van der Waals surface area contributed by atoms with Crippen molar-refractivity contribution in [2.45, 2.75) is 33.6 Å². The van der Waals surface area contributed by atoms with E-state index < -0.39 is 0 Å². The average Bonchev–Trinajstić information content (AvgIpc) is 2.63. The van der Waals surface area contributed by atoms with Crippen LogP contribution in [0.5, 0.6) is 0 Å². The van der Waals surface area contributed by atoms with Crippen molar-refractivity contribution in [1.82, 2.24) is 15.5 Å². The minimum atomic E-state index is -0.170. The van der Waals surface area contributed by atoms with Crippen molar-refractivity contribution < 1.29 is 9.59 Å². The van der Waals surface area contributed by atoms with E-state index in [2.05, 4.69) is 34.7 Å². The Bertz CT molecular complexity index is 417. The number of aromatic nitrogens is 2. The lowest BCUT2D eigenvalue weighted by atomic mass is 10.1. The molecular formula is C11H18N4O2S. The van der Waals surface area contributed by atoms with Crippen LogP contribution < -0.4 is 10.6 Å². The van der Waals surface area contributed by atoms with E-state index in [1.54, 1.807) is 0 Å². The first kappa shape index (κ1) is 14.6. The van der Waals surface area contributed by atoms with Gasteiger partial charge in [-0.3, -0.25) is 9.59 Å². The number of rotatable bonds is 6. The summed E-state index contributed by atoms with van der Waals surface area (Å²) in [7, 11) is 0. The van der Waals surface area contributed by atoms with Gasteiger partial charge in [-0.25, -0.2) is 0 Å². The lowest BCUT2D eigenvalue weighted by Gasteiger charge is -2.01. The molecule has 0 saturated heterocycles. The van der Waals surface area contributed by atoms with Gasteiger partial charge in [-0.1, -0.05) is 25.2 Å². The monoisotopic (exact) mass is 270 g/mol. The molecule has 1 heterocycles. The number of anilines is 1. The second-order valence-electron chi connectivity index (χ2n) is 4.38. The Morgan fingerprint density at radius 2 is 2.06 bits per heavy atom. The van der Waals surface area contributed by atoms with E-state index in [0.29, 0.717) is 17.6 Å². The van der Waals surface area contributed by atoms with Crippen LogP contribution in [0.4, 0.5) is 5.13 Å². The molecule has 1 aromatic rings. The molecule has 18 heavy (non-hydrogen) atoms. The average molecular weight is 270 g/mol. The standard InChI is InChI=1S/C11H18N4O2S/c1-7(2)6-10-14-15-11(18-10)13-9(17)4-5-12-8(3)16/h7H,4-6H2,1-3H3,(H,12,16)(H,13,15,17). The number of hydrogen-bond acceptors (Lipinski definition) is 5. The number of nitrogens with zero attached hydrogens (tertiary/aromatic N) is 2. The molecule has 0 aromatic carbocycles. The Morgan fingerprint density at radius 1 is 1.33 bits per heavy atom. The van der Waals surface area contributed by atoms with E-state index in [1.807, 2.05) is 0 Å². The molecule has 7 heteroatoms. The Balaban J connectivity index is 2.35. The zero-order chi connectivity index (χ0) is 13.5. The normalized spacial score (nSPS) is 10.4. The fourth-order valence-corrected chi connectivity index (χ4v) is 2.24. The molecule has 0 spiro atoms. The summed E-state index contributed by atoms with van der Waals surface area (Å²) >= 11 is 1.39. The third-order valence-electron chi connectivity index (χ3n) is 2.02. The van der Waals surface area contributed by atoms with Crippen LogP contribution in [-0.4, -0.2) is 28.6 Å². The largest absolute Gasteiger partial charge is 0.356 e. The van der Waals surface area contributed by atoms with Gasteiger partial charge in [0, 0.05) is 26.3 Å². The van der Waals surface area contributed by atoms with Gasteiger partial charge >= 0.3 is 0 Å². The zero-order valence-corrected chi connectivity index (χ0v) is 11.6. The minimum absolute atomic E-state index is 0.141. The van der Waals surface area contributed by atoms with Crippen LogP contribution in [0.15, 0.2) is 0 Å². The highest BCUT2D eigenvalue weighted by Gasteiger charge is 2.09. The maximum Gasteiger partial charge on any atom is 0.227 e. The molecule has 0 radical (unpaired) electrons. The van der Waals surface area contributed by atoms with Gasteiger partial charge in [-0.2, -0.15) is 0 Å². The molecule has 0 atom stereocenters. The quantitative estimate of drug-likeness (QED) is 0.813. The fraction of sp³-hybridized carbons (Fsp3) is 0.636. The third kappa shape index (κ3) is 5.72. The Morgan fingerprint density at radius 3 is 2.67 bits per heavy atom. The molecule has 2 N–H and O–H groups in total. The number of carbonyl (C=O) groups excluding carboxylic acids is 2. The lowest BCUT2D eigenvalue weighted by molar-refractivity contribution is -0.119.